The minimum atomic E-state index is -0.780. The van der Waals surface area contributed by atoms with E-state index in [4.69, 9.17) is 27.9 Å². The Morgan fingerprint density at radius 2 is 1.61 bits per heavy atom. The summed E-state index contributed by atoms with van der Waals surface area (Å²) >= 11 is 12.2. The van der Waals surface area contributed by atoms with Crippen LogP contribution in [0.1, 0.15) is 22.7 Å². The molecule has 0 radical (unpaired) electrons. The third-order valence-corrected chi connectivity index (χ3v) is 6.72. The van der Waals surface area contributed by atoms with Gasteiger partial charge in [0.25, 0.3) is 11.7 Å². The van der Waals surface area contributed by atoms with Gasteiger partial charge in [-0.05, 0) is 60.0 Å². The maximum absolute atomic E-state index is 13.3. The number of nitrogens with zero attached hydrogens (tertiary/aromatic N) is 2. The topological polar surface area (TPSA) is 70.1 Å². The second kappa shape index (κ2) is 10.6. The molecule has 0 aromatic heterocycles. The molecule has 0 spiro atoms. The lowest BCUT2D eigenvalue weighted by Gasteiger charge is -2.26. The number of halogens is 2. The highest BCUT2D eigenvalue weighted by Gasteiger charge is 2.46. The SMILES string of the molecule is COc1ccc(Cl)cc1/C(O)=C1\C(=O)C(=O)N(CCc2ccc(Cl)cc2)C1c1ccc(N(C)C)cc1. The van der Waals surface area contributed by atoms with Gasteiger partial charge in [0.1, 0.15) is 11.5 Å². The van der Waals surface area contributed by atoms with Crippen molar-refractivity contribution in [2.24, 2.45) is 0 Å². The maximum Gasteiger partial charge on any atom is 0.295 e. The first-order valence-corrected chi connectivity index (χ1v) is 12.1. The highest BCUT2D eigenvalue weighted by atomic mass is 35.5. The Balaban J connectivity index is 1.82. The summed E-state index contributed by atoms with van der Waals surface area (Å²) in [5, 5.41) is 12.4. The Bertz CT molecular complexity index is 1320. The van der Waals surface area contributed by atoms with E-state index in [9.17, 15) is 14.7 Å². The van der Waals surface area contributed by atoms with Crippen LogP contribution in [0.25, 0.3) is 5.76 Å². The second-order valence-corrected chi connectivity index (χ2v) is 9.57. The number of benzene rings is 3. The highest BCUT2D eigenvalue weighted by molar-refractivity contribution is 6.46. The van der Waals surface area contributed by atoms with Crippen molar-refractivity contribution >= 4 is 46.3 Å². The van der Waals surface area contributed by atoms with Crippen LogP contribution in [0.4, 0.5) is 5.69 Å². The molecule has 1 N–H and O–H groups in total. The van der Waals surface area contributed by atoms with Gasteiger partial charge in [0.05, 0.1) is 24.3 Å². The molecule has 1 heterocycles. The van der Waals surface area contributed by atoms with Crippen LogP contribution in [0.2, 0.25) is 10.0 Å². The number of ether oxygens (including phenoxy) is 1. The van der Waals surface area contributed by atoms with E-state index in [1.54, 1.807) is 24.3 Å². The Labute approximate surface area is 220 Å². The fourth-order valence-electron chi connectivity index (χ4n) is 4.32. The van der Waals surface area contributed by atoms with Gasteiger partial charge in [0, 0.05) is 36.4 Å². The molecule has 0 saturated carbocycles. The van der Waals surface area contributed by atoms with Gasteiger partial charge in [-0.3, -0.25) is 9.59 Å². The monoisotopic (exact) mass is 524 g/mol. The van der Waals surface area contributed by atoms with Crippen LogP contribution < -0.4 is 9.64 Å². The zero-order valence-corrected chi connectivity index (χ0v) is 21.7. The summed E-state index contributed by atoms with van der Waals surface area (Å²) in [7, 11) is 5.32. The quantitative estimate of drug-likeness (QED) is 0.242. The summed E-state index contributed by atoms with van der Waals surface area (Å²) in [6, 6.07) is 18.9. The van der Waals surface area contributed by atoms with E-state index < -0.39 is 17.7 Å². The van der Waals surface area contributed by atoms with Crippen molar-refractivity contribution < 1.29 is 19.4 Å². The van der Waals surface area contributed by atoms with Crippen molar-refractivity contribution in [3.63, 3.8) is 0 Å². The van der Waals surface area contributed by atoms with E-state index in [1.165, 1.54) is 18.1 Å². The van der Waals surface area contributed by atoms with E-state index in [0.717, 1.165) is 11.3 Å². The number of anilines is 1. The van der Waals surface area contributed by atoms with Crippen molar-refractivity contribution in [1.82, 2.24) is 4.90 Å². The number of aliphatic hydroxyl groups excluding tert-OH is 1. The summed E-state index contributed by atoms with van der Waals surface area (Å²) in [6.07, 6.45) is 0.511. The standard InChI is InChI=1S/C28H26Cl2N2O4/c1-31(2)21-11-6-18(7-12-21)25-24(26(33)22-16-20(30)10-13-23(22)36-3)27(34)28(35)32(25)15-14-17-4-8-19(29)9-5-17/h4-13,16,25,33H,14-15H2,1-3H3/b26-24+. The smallest absolute Gasteiger partial charge is 0.295 e. The predicted octanol–water partition coefficient (Wildman–Crippen LogP) is 5.73. The minimum Gasteiger partial charge on any atom is -0.507 e. The zero-order valence-electron chi connectivity index (χ0n) is 20.2. The van der Waals surface area contributed by atoms with Crippen LogP contribution in [-0.4, -0.2) is 49.4 Å². The van der Waals surface area contributed by atoms with Gasteiger partial charge in [0.15, 0.2) is 0 Å². The first-order valence-electron chi connectivity index (χ1n) is 11.3. The number of aliphatic hydroxyl groups is 1. The fourth-order valence-corrected chi connectivity index (χ4v) is 4.62. The van der Waals surface area contributed by atoms with Crippen LogP contribution in [0.3, 0.4) is 0 Å². The average Bonchev–Trinajstić information content (AvgIpc) is 3.13. The van der Waals surface area contributed by atoms with Crippen molar-refractivity contribution in [2.45, 2.75) is 12.5 Å². The number of carbonyl (C=O) groups excluding carboxylic acids is 2. The molecule has 1 atom stereocenters. The average molecular weight is 525 g/mol. The summed E-state index contributed by atoms with van der Waals surface area (Å²) in [5.74, 6) is -1.42. The Kier molecular flexibility index (Phi) is 7.57. The van der Waals surface area contributed by atoms with Gasteiger partial charge in [-0.25, -0.2) is 0 Å². The number of hydrogen-bond acceptors (Lipinski definition) is 5. The van der Waals surface area contributed by atoms with Crippen molar-refractivity contribution in [1.29, 1.82) is 0 Å². The number of hydrogen-bond donors (Lipinski definition) is 1. The van der Waals surface area contributed by atoms with Crippen molar-refractivity contribution in [3.8, 4) is 5.75 Å². The lowest BCUT2D eigenvalue weighted by Crippen LogP contribution is -2.31. The molecule has 4 rings (SSSR count). The van der Waals surface area contributed by atoms with Gasteiger partial charge in [-0.1, -0.05) is 47.5 Å². The molecule has 0 bridgehead atoms. The normalized spacial score (nSPS) is 16.9. The molecule has 6 nitrogen and oxygen atoms in total. The number of ketones is 1. The lowest BCUT2D eigenvalue weighted by molar-refractivity contribution is -0.139. The second-order valence-electron chi connectivity index (χ2n) is 8.70. The van der Waals surface area contributed by atoms with E-state index in [-0.39, 0.29) is 23.4 Å². The molecular formula is C28H26Cl2N2O4. The summed E-state index contributed by atoms with van der Waals surface area (Å²) in [4.78, 5) is 30.0. The fraction of sp³-hybridized carbons (Fsp3) is 0.214. The molecule has 3 aromatic rings. The molecule has 186 valence electrons. The zero-order chi connectivity index (χ0) is 26.0. The third-order valence-electron chi connectivity index (χ3n) is 6.24. The molecule has 1 aliphatic heterocycles. The van der Waals surface area contributed by atoms with E-state index >= 15 is 0 Å². The van der Waals surface area contributed by atoms with Gasteiger partial charge >= 0.3 is 0 Å². The Hall–Kier alpha value is -3.48. The van der Waals surface area contributed by atoms with Gasteiger partial charge in [-0.15, -0.1) is 0 Å². The Morgan fingerprint density at radius 3 is 2.22 bits per heavy atom. The molecular weight excluding hydrogens is 499 g/mol. The van der Waals surface area contributed by atoms with Crippen LogP contribution in [-0.2, 0) is 16.0 Å². The van der Waals surface area contributed by atoms with Crippen LogP contribution in [0.15, 0.2) is 72.3 Å². The van der Waals surface area contributed by atoms with E-state index in [1.807, 2.05) is 55.4 Å². The molecule has 1 aliphatic rings. The molecule has 0 aliphatic carbocycles. The maximum atomic E-state index is 13.3. The number of carbonyl (C=O) groups is 2. The number of amides is 1. The van der Waals surface area contributed by atoms with Crippen molar-refractivity contribution in [2.75, 3.05) is 32.6 Å². The van der Waals surface area contributed by atoms with Crippen molar-refractivity contribution in [3.05, 3.63) is 99.0 Å². The molecule has 1 fully saturated rings. The summed E-state index contributed by atoms with van der Waals surface area (Å²) < 4.78 is 5.39. The summed E-state index contributed by atoms with van der Waals surface area (Å²) in [6.45, 7) is 0.274. The number of methoxy groups -OCH3 is 1. The van der Waals surface area contributed by atoms with E-state index in [0.29, 0.717) is 27.8 Å². The molecule has 36 heavy (non-hydrogen) atoms. The van der Waals surface area contributed by atoms with Gasteiger partial charge in [-0.2, -0.15) is 0 Å². The highest BCUT2D eigenvalue weighted by Crippen LogP contribution is 2.41. The number of rotatable bonds is 7. The summed E-state index contributed by atoms with van der Waals surface area (Å²) in [5.41, 5.74) is 2.89. The minimum absolute atomic E-state index is 0.00530. The van der Waals surface area contributed by atoms with Gasteiger partial charge in [0.2, 0.25) is 0 Å². The van der Waals surface area contributed by atoms with Gasteiger partial charge < -0.3 is 19.6 Å². The number of Topliss-reactive ketones (excluding diaryl/α,β-unsaturated/α-hetero) is 1. The lowest BCUT2D eigenvalue weighted by atomic mass is 9.94. The third kappa shape index (κ3) is 5.06. The predicted molar refractivity (Wildman–Crippen MR) is 143 cm³/mol. The molecule has 1 unspecified atom stereocenters. The molecule has 1 amide bonds. The van der Waals surface area contributed by atoms with E-state index in [2.05, 4.69) is 0 Å². The van der Waals surface area contributed by atoms with Crippen LogP contribution >= 0.6 is 23.2 Å². The molecule has 1 saturated heterocycles. The molecule has 8 heteroatoms. The number of likely N-dealkylation sites (tertiary alicyclic amines) is 1. The molecule has 3 aromatic carbocycles. The van der Waals surface area contributed by atoms with Crippen LogP contribution in [0, 0.1) is 0 Å². The van der Waals surface area contributed by atoms with Crippen LogP contribution in [0.5, 0.6) is 5.75 Å². The Morgan fingerprint density at radius 1 is 0.972 bits per heavy atom. The first-order chi connectivity index (χ1) is 17.2. The first kappa shape index (κ1) is 25.6. The largest absolute Gasteiger partial charge is 0.507 e.